The van der Waals surface area contributed by atoms with Gasteiger partial charge in [0.25, 0.3) is 10.0 Å². The van der Waals surface area contributed by atoms with E-state index in [1.54, 1.807) is 12.1 Å². The van der Waals surface area contributed by atoms with E-state index in [4.69, 9.17) is 0 Å². The van der Waals surface area contributed by atoms with Gasteiger partial charge in [-0.2, -0.15) is 4.40 Å². The van der Waals surface area contributed by atoms with Crippen molar-refractivity contribution in [1.29, 1.82) is 0 Å². The molecule has 0 unspecified atom stereocenters. The lowest BCUT2D eigenvalue weighted by Crippen LogP contribution is -2.06. The molecule has 21 heavy (non-hydrogen) atoms. The molecule has 0 aliphatic heterocycles. The Labute approximate surface area is 132 Å². The molecule has 2 rings (SSSR count). The zero-order chi connectivity index (χ0) is 15.3. The third-order valence-corrected chi connectivity index (χ3v) is 4.47. The minimum Gasteiger partial charge on any atom is -0.507 e. The number of sulfonamides is 1. The third kappa shape index (κ3) is 4.99. The van der Waals surface area contributed by atoms with Crippen LogP contribution in [0.1, 0.15) is 11.1 Å². The Kier molecular flexibility index (Phi) is 5.14. The molecule has 0 fully saturated rings. The molecule has 0 heterocycles. The van der Waals surface area contributed by atoms with Crippen molar-refractivity contribution in [3.05, 3.63) is 64.1 Å². The largest absolute Gasteiger partial charge is 0.507 e. The van der Waals surface area contributed by atoms with Crippen LogP contribution in [-0.4, -0.2) is 25.5 Å². The lowest BCUT2D eigenvalue weighted by molar-refractivity contribution is 0.474. The molecule has 0 aliphatic carbocycles. The standard InChI is InChI=1S/C15H14BrNO3S/c16-14-6-7-15(18)13(10-14)11-17-21(19,20)9-8-12-4-2-1-3-5-12/h1-7,10-11,18H,8-9H2. The minimum atomic E-state index is -3.56. The van der Waals surface area contributed by atoms with Crippen LogP contribution in [0.5, 0.6) is 5.75 Å². The fourth-order valence-corrected chi connectivity index (χ4v) is 2.96. The van der Waals surface area contributed by atoms with Gasteiger partial charge in [0, 0.05) is 10.0 Å². The van der Waals surface area contributed by atoms with Crippen LogP contribution in [0.2, 0.25) is 0 Å². The van der Waals surface area contributed by atoms with Crippen LogP contribution in [0.15, 0.2) is 57.4 Å². The van der Waals surface area contributed by atoms with E-state index < -0.39 is 10.0 Å². The first-order valence-electron chi connectivity index (χ1n) is 6.27. The number of phenols is 1. The number of hydrogen-bond donors (Lipinski definition) is 1. The zero-order valence-corrected chi connectivity index (χ0v) is 13.5. The van der Waals surface area contributed by atoms with Crippen LogP contribution in [0.3, 0.4) is 0 Å². The van der Waals surface area contributed by atoms with Gasteiger partial charge in [-0.3, -0.25) is 0 Å². The summed E-state index contributed by atoms with van der Waals surface area (Å²) in [6.07, 6.45) is 1.57. The first-order valence-corrected chi connectivity index (χ1v) is 8.67. The van der Waals surface area contributed by atoms with Gasteiger partial charge in [-0.15, -0.1) is 0 Å². The number of hydrogen-bond acceptors (Lipinski definition) is 3. The molecular weight excluding hydrogens is 354 g/mol. The third-order valence-electron chi connectivity index (χ3n) is 2.83. The molecule has 110 valence electrons. The Balaban J connectivity index is 2.07. The van der Waals surface area contributed by atoms with E-state index in [0.717, 1.165) is 10.0 Å². The van der Waals surface area contributed by atoms with Crippen molar-refractivity contribution in [2.24, 2.45) is 4.40 Å². The van der Waals surface area contributed by atoms with Gasteiger partial charge in [0.15, 0.2) is 0 Å². The molecule has 1 N–H and O–H groups in total. The Bertz CT molecular complexity index is 743. The lowest BCUT2D eigenvalue weighted by atomic mass is 10.2. The molecule has 2 aromatic rings. The van der Waals surface area contributed by atoms with Crippen molar-refractivity contribution >= 4 is 32.2 Å². The number of rotatable bonds is 5. The van der Waals surface area contributed by atoms with Gasteiger partial charge in [0.1, 0.15) is 5.75 Å². The molecule has 0 radical (unpaired) electrons. The fraction of sp³-hybridized carbons (Fsp3) is 0.133. The van der Waals surface area contributed by atoms with Crippen LogP contribution in [0.4, 0.5) is 0 Å². The van der Waals surface area contributed by atoms with Crippen LogP contribution in [-0.2, 0) is 16.4 Å². The van der Waals surface area contributed by atoms with Gasteiger partial charge in [-0.1, -0.05) is 46.3 Å². The van der Waals surface area contributed by atoms with E-state index in [9.17, 15) is 13.5 Å². The maximum absolute atomic E-state index is 11.9. The average Bonchev–Trinajstić information content (AvgIpc) is 2.47. The summed E-state index contributed by atoms with van der Waals surface area (Å²) in [5.41, 5.74) is 1.30. The van der Waals surface area contributed by atoms with E-state index in [1.807, 2.05) is 30.3 Å². The van der Waals surface area contributed by atoms with Gasteiger partial charge >= 0.3 is 0 Å². The van der Waals surface area contributed by atoms with E-state index in [2.05, 4.69) is 20.3 Å². The van der Waals surface area contributed by atoms with Crippen molar-refractivity contribution in [3.8, 4) is 5.75 Å². The summed E-state index contributed by atoms with van der Waals surface area (Å²) < 4.78 is 28.1. The number of nitrogens with zero attached hydrogens (tertiary/aromatic N) is 1. The Hall–Kier alpha value is -1.66. The average molecular weight is 368 g/mol. The Morgan fingerprint density at radius 3 is 2.57 bits per heavy atom. The zero-order valence-electron chi connectivity index (χ0n) is 11.1. The van der Waals surface area contributed by atoms with Crippen molar-refractivity contribution in [1.82, 2.24) is 0 Å². The normalized spacial score (nSPS) is 11.9. The van der Waals surface area contributed by atoms with E-state index in [-0.39, 0.29) is 11.5 Å². The van der Waals surface area contributed by atoms with E-state index in [1.165, 1.54) is 12.3 Å². The van der Waals surface area contributed by atoms with Gasteiger partial charge in [-0.05, 0) is 30.2 Å². The number of halogens is 1. The molecule has 4 nitrogen and oxygen atoms in total. The summed E-state index contributed by atoms with van der Waals surface area (Å²) in [6.45, 7) is 0. The molecule has 0 saturated carbocycles. The summed E-state index contributed by atoms with van der Waals surface area (Å²) >= 11 is 3.26. The Morgan fingerprint density at radius 2 is 1.86 bits per heavy atom. The lowest BCUT2D eigenvalue weighted by Gasteiger charge is -2.01. The summed E-state index contributed by atoms with van der Waals surface area (Å²) in [7, 11) is -3.56. The van der Waals surface area contributed by atoms with E-state index in [0.29, 0.717) is 12.0 Å². The molecule has 6 heteroatoms. The predicted octanol–water partition coefficient (Wildman–Crippen LogP) is 3.15. The smallest absolute Gasteiger partial charge is 0.253 e. The van der Waals surface area contributed by atoms with Crippen LogP contribution >= 0.6 is 15.9 Å². The molecule has 0 spiro atoms. The number of phenolic OH excluding ortho intramolecular Hbond substituents is 1. The van der Waals surface area contributed by atoms with Gasteiger partial charge < -0.3 is 5.11 Å². The van der Waals surface area contributed by atoms with Gasteiger partial charge in [0.05, 0.1) is 12.0 Å². The number of benzene rings is 2. The van der Waals surface area contributed by atoms with E-state index >= 15 is 0 Å². The summed E-state index contributed by atoms with van der Waals surface area (Å²) in [4.78, 5) is 0. The maximum Gasteiger partial charge on any atom is 0.253 e. The van der Waals surface area contributed by atoms with Crippen LogP contribution in [0, 0.1) is 0 Å². The van der Waals surface area contributed by atoms with Crippen molar-refractivity contribution in [2.45, 2.75) is 6.42 Å². The predicted molar refractivity (Wildman–Crippen MR) is 87.3 cm³/mol. The summed E-state index contributed by atoms with van der Waals surface area (Å²) in [6, 6.07) is 14.1. The first-order chi connectivity index (χ1) is 9.96. The molecule has 0 atom stereocenters. The SMILES string of the molecule is O=S(=O)(CCc1ccccc1)N=Cc1cc(Br)ccc1O. The second-order valence-corrected chi connectivity index (χ2v) is 7.16. The Morgan fingerprint density at radius 1 is 1.14 bits per heavy atom. The topological polar surface area (TPSA) is 66.7 Å². The number of aryl methyl sites for hydroxylation is 1. The molecular formula is C15H14BrNO3S. The molecule has 0 aliphatic rings. The molecule has 0 bridgehead atoms. The van der Waals surface area contributed by atoms with Crippen molar-refractivity contribution in [2.75, 3.05) is 5.75 Å². The highest BCUT2D eigenvalue weighted by molar-refractivity contribution is 9.10. The molecule has 2 aromatic carbocycles. The second kappa shape index (κ2) is 6.87. The second-order valence-electron chi connectivity index (χ2n) is 4.46. The quantitative estimate of drug-likeness (QED) is 0.825. The minimum absolute atomic E-state index is 0.0137. The molecule has 0 aromatic heterocycles. The maximum atomic E-state index is 11.9. The highest BCUT2D eigenvalue weighted by Crippen LogP contribution is 2.20. The number of aromatic hydroxyl groups is 1. The molecule has 0 saturated heterocycles. The summed E-state index contributed by atoms with van der Waals surface area (Å²) in [5, 5.41) is 9.63. The summed E-state index contributed by atoms with van der Waals surface area (Å²) in [5.74, 6) is -0.0809. The fourth-order valence-electron chi connectivity index (χ4n) is 1.71. The first kappa shape index (κ1) is 15.7. The van der Waals surface area contributed by atoms with Crippen molar-refractivity contribution < 1.29 is 13.5 Å². The van der Waals surface area contributed by atoms with Crippen LogP contribution < -0.4 is 0 Å². The van der Waals surface area contributed by atoms with Crippen molar-refractivity contribution in [3.63, 3.8) is 0 Å². The van der Waals surface area contributed by atoms with Gasteiger partial charge in [-0.25, -0.2) is 8.42 Å². The molecule has 0 amide bonds. The highest BCUT2D eigenvalue weighted by atomic mass is 79.9. The highest BCUT2D eigenvalue weighted by Gasteiger charge is 2.08. The van der Waals surface area contributed by atoms with Crippen LogP contribution in [0.25, 0.3) is 0 Å². The monoisotopic (exact) mass is 367 g/mol. The van der Waals surface area contributed by atoms with Gasteiger partial charge in [0.2, 0.25) is 0 Å².